The lowest BCUT2D eigenvalue weighted by Crippen LogP contribution is -2.57. The fraction of sp³-hybridized carbons (Fsp3) is 0.388. The number of carbonyl (C=O) groups is 4. The van der Waals surface area contributed by atoms with E-state index in [4.69, 9.17) is 15.3 Å². The molecule has 1 aliphatic carbocycles. The Labute approximate surface area is 344 Å². The fourth-order valence-electron chi connectivity index (χ4n) is 8.47. The van der Waals surface area contributed by atoms with Crippen molar-refractivity contribution in [2.75, 3.05) is 11.5 Å². The first kappa shape index (κ1) is 43.6. The van der Waals surface area contributed by atoms with Gasteiger partial charge in [-0.25, -0.2) is 10.6 Å². The summed E-state index contributed by atoms with van der Waals surface area (Å²) in [6, 6.07) is 33.4. The summed E-state index contributed by atoms with van der Waals surface area (Å²) in [5.41, 5.74) is 5.21. The van der Waals surface area contributed by atoms with Gasteiger partial charge in [-0.2, -0.15) is 0 Å². The van der Waals surface area contributed by atoms with Crippen molar-refractivity contribution in [3.8, 4) is 11.1 Å². The molecule has 0 radical (unpaired) electrons. The van der Waals surface area contributed by atoms with Crippen molar-refractivity contribution < 1.29 is 28.7 Å². The van der Waals surface area contributed by atoms with Crippen LogP contribution in [0, 0.1) is 29.1 Å². The molecule has 1 aliphatic rings. The van der Waals surface area contributed by atoms with E-state index in [0.717, 1.165) is 27.8 Å². The van der Waals surface area contributed by atoms with Gasteiger partial charge in [0.25, 0.3) is 0 Å². The number of Topliss-reactive ketones (excluding diaryl/α,β-unsaturated/α-hetero) is 1. The third-order valence-electron chi connectivity index (χ3n) is 10.7. The molecule has 58 heavy (non-hydrogen) atoms. The third kappa shape index (κ3) is 9.94. The van der Waals surface area contributed by atoms with E-state index in [-0.39, 0.29) is 37.2 Å². The minimum Gasteiger partial charge on any atom is -0.460 e. The number of carbonyl (C=O) groups excluding carboxylic acids is 4. The van der Waals surface area contributed by atoms with Gasteiger partial charge >= 0.3 is 12.1 Å². The van der Waals surface area contributed by atoms with Crippen LogP contribution < -0.4 is 16.2 Å². The molecular formula is C49H59N3O6. The highest BCUT2D eigenvalue weighted by Crippen LogP contribution is 2.48. The van der Waals surface area contributed by atoms with E-state index in [0.29, 0.717) is 5.69 Å². The third-order valence-corrected chi connectivity index (χ3v) is 10.7. The second-order valence-electron chi connectivity index (χ2n) is 17.2. The Bertz CT molecular complexity index is 2030. The number of nitrogens with two attached hydrogens (primary N) is 1. The van der Waals surface area contributed by atoms with Crippen LogP contribution in [-0.2, 0) is 23.9 Å². The molecule has 0 fully saturated rings. The lowest BCUT2D eigenvalue weighted by atomic mass is 9.60. The van der Waals surface area contributed by atoms with Crippen LogP contribution in [0.3, 0.4) is 0 Å². The minimum atomic E-state index is -1.67. The predicted octanol–water partition coefficient (Wildman–Crippen LogP) is 9.76. The second kappa shape index (κ2) is 18.8. The van der Waals surface area contributed by atoms with Crippen LogP contribution >= 0.6 is 0 Å². The molecule has 2 amide bonds. The molecule has 0 aliphatic heterocycles. The Morgan fingerprint density at radius 3 is 1.81 bits per heavy atom. The predicted molar refractivity (Wildman–Crippen MR) is 230 cm³/mol. The van der Waals surface area contributed by atoms with Gasteiger partial charge in [-0.1, -0.05) is 137 Å². The van der Waals surface area contributed by atoms with Gasteiger partial charge in [-0.3, -0.25) is 24.7 Å². The molecule has 9 heteroatoms. The summed E-state index contributed by atoms with van der Waals surface area (Å²) in [5.74, 6) is 1.31. The van der Waals surface area contributed by atoms with Crippen LogP contribution in [0.5, 0.6) is 0 Å². The average molecular weight is 786 g/mol. The van der Waals surface area contributed by atoms with E-state index < -0.39 is 52.6 Å². The number of fused-ring (bicyclic) bond motifs is 3. The van der Waals surface area contributed by atoms with Crippen molar-refractivity contribution in [3.05, 3.63) is 132 Å². The van der Waals surface area contributed by atoms with Crippen LogP contribution in [0.1, 0.15) is 90.8 Å². The maximum absolute atomic E-state index is 16.0. The fourth-order valence-corrected chi connectivity index (χ4v) is 8.47. The molecule has 5 rings (SSSR count). The molecule has 0 aromatic heterocycles. The van der Waals surface area contributed by atoms with Gasteiger partial charge < -0.3 is 9.47 Å². The zero-order valence-electron chi connectivity index (χ0n) is 35.1. The highest BCUT2D eigenvalue weighted by Gasteiger charge is 2.56. The van der Waals surface area contributed by atoms with Gasteiger partial charge in [-0.05, 0) is 92.3 Å². The van der Waals surface area contributed by atoms with Crippen molar-refractivity contribution >= 4 is 35.5 Å². The molecule has 0 saturated carbocycles. The van der Waals surface area contributed by atoms with E-state index in [2.05, 4.69) is 29.7 Å². The van der Waals surface area contributed by atoms with E-state index >= 15 is 4.79 Å². The Hall–Kier alpha value is -5.54. The topological polar surface area (TPSA) is 128 Å². The minimum absolute atomic E-state index is 0.0375. The normalized spacial score (nSPS) is 15.2. The van der Waals surface area contributed by atoms with E-state index in [1.807, 2.05) is 94.4 Å². The monoisotopic (exact) mass is 785 g/mol. The Balaban J connectivity index is 1.67. The number of esters is 1. The average Bonchev–Trinajstić information content (AvgIpc) is 3.51. The van der Waals surface area contributed by atoms with E-state index in [1.165, 1.54) is 4.90 Å². The maximum atomic E-state index is 16.0. The zero-order valence-corrected chi connectivity index (χ0v) is 35.1. The summed E-state index contributed by atoms with van der Waals surface area (Å²) in [7, 11) is 0. The summed E-state index contributed by atoms with van der Waals surface area (Å²) in [6.45, 7) is 14.8. The first-order valence-electron chi connectivity index (χ1n) is 20.3. The SMILES string of the molecule is CC(C)C[C@@H](C(=O)NN)[C@H](C(=O)OC(C)(C)C)C(/C=C/c1ccccc1)(CC(C)C)C(=O)[C@H](C)N(C(=O)OCC1c2ccccc2-c2ccccc21)c1ccccc1. The van der Waals surface area contributed by atoms with Crippen molar-refractivity contribution in [1.29, 1.82) is 0 Å². The van der Waals surface area contributed by atoms with E-state index in [9.17, 15) is 14.4 Å². The van der Waals surface area contributed by atoms with Crippen LogP contribution in [0.15, 0.2) is 115 Å². The highest BCUT2D eigenvalue weighted by atomic mass is 16.6. The Kier molecular flexibility index (Phi) is 14.1. The largest absolute Gasteiger partial charge is 0.460 e. The molecule has 4 aromatic carbocycles. The van der Waals surface area contributed by atoms with Crippen LogP contribution in [0.4, 0.5) is 10.5 Å². The second-order valence-corrected chi connectivity index (χ2v) is 17.2. The molecule has 4 atom stereocenters. The number of para-hydroxylation sites is 1. The number of nitrogens with zero attached hydrogens (tertiary/aromatic N) is 1. The molecule has 4 aromatic rings. The quantitative estimate of drug-likeness (QED) is 0.0501. The summed E-state index contributed by atoms with van der Waals surface area (Å²) >= 11 is 0. The lowest BCUT2D eigenvalue weighted by molar-refractivity contribution is -0.172. The van der Waals surface area contributed by atoms with Gasteiger partial charge in [0.05, 0.1) is 23.3 Å². The Morgan fingerprint density at radius 1 is 0.759 bits per heavy atom. The van der Waals surface area contributed by atoms with Gasteiger partial charge in [0, 0.05) is 11.6 Å². The molecule has 3 N–H and O–H groups in total. The Morgan fingerprint density at radius 2 is 1.29 bits per heavy atom. The number of hydrogen-bond acceptors (Lipinski definition) is 7. The summed E-state index contributed by atoms with van der Waals surface area (Å²) in [6.07, 6.45) is 3.25. The molecule has 1 unspecified atom stereocenters. The standard InChI is InChI=1S/C49H59N3O6/c1-32(2)29-41(45(54)51-50)43(46(55)58-48(6,7)8)49(30-33(3)4,28-27-35-19-11-9-12-20-35)44(53)34(5)52(36-21-13-10-14-22-36)47(56)57-31-42-39-25-17-15-23-37(39)38-24-16-18-26-40(38)42/h9-28,32-34,41-43H,29-31,50H2,1-8H3,(H,51,54)/b28-27+/t34-,41+,43+,49?/m0/s1. The van der Waals surface area contributed by atoms with Crippen molar-refractivity contribution in [1.82, 2.24) is 5.43 Å². The molecule has 0 heterocycles. The molecule has 306 valence electrons. The molecule has 9 nitrogen and oxygen atoms in total. The number of amides is 2. The van der Waals surface area contributed by atoms with Crippen molar-refractivity contribution in [2.45, 2.75) is 85.8 Å². The maximum Gasteiger partial charge on any atom is 0.414 e. The number of nitrogens with one attached hydrogen (secondary N) is 1. The molecule has 0 bridgehead atoms. The number of ether oxygens (including phenoxy) is 2. The van der Waals surface area contributed by atoms with Crippen molar-refractivity contribution in [3.63, 3.8) is 0 Å². The van der Waals surface area contributed by atoms with Gasteiger partial charge in [0.2, 0.25) is 5.91 Å². The zero-order chi connectivity index (χ0) is 42.2. The summed E-state index contributed by atoms with van der Waals surface area (Å²) in [4.78, 5) is 60.8. The number of benzene rings is 4. The number of hydrogen-bond donors (Lipinski definition) is 2. The number of anilines is 1. The number of allylic oxidation sites excluding steroid dienone is 1. The summed E-state index contributed by atoms with van der Waals surface area (Å²) < 4.78 is 12.3. The first-order chi connectivity index (χ1) is 27.6. The molecular weight excluding hydrogens is 727 g/mol. The number of ketones is 1. The van der Waals surface area contributed by atoms with Crippen LogP contribution in [0.25, 0.3) is 17.2 Å². The lowest BCUT2D eigenvalue weighted by Gasteiger charge is -2.44. The molecule has 0 spiro atoms. The smallest absolute Gasteiger partial charge is 0.414 e. The van der Waals surface area contributed by atoms with Crippen LogP contribution in [0.2, 0.25) is 0 Å². The van der Waals surface area contributed by atoms with Crippen molar-refractivity contribution in [2.24, 2.45) is 34.9 Å². The van der Waals surface area contributed by atoms with Gasteiger partial charge in [0.1, 0.15) is 12.2 Å². The van der Waals surface area contributed by atoms with Gasteiger partial charge in [-0.15, -0.1) is 0 Å². The number of hydrazine groups is 1. The number of rotatable bonds is 16. The van der Waals surface area contributed by atoms with E-state index in [1.54, 1.807) is 58.0 Å². The first-order valence-corrected chi connectivity index (χ1v) is 20.3. The molecule has 0 saturated heterocycles. The van der Waals surface area contributed by atoms with Crippen LogP contribution in [-0.4, -0.2) is 42.0 Å². The van der Waals surface area contributed by atoms with Gasteiger partial charge in [0.15, 0.2) is 5.78 Å². The highest BCUT2D eigenvalue weighted by molar-refractivity contribution is 6.04. The summed E-state index contributed by atoms with van der Waals surface area (Å²) in [5, 5.41) is 0.